The predicted octanol–water partition coefficient (Wildman–Crippen LogP) is 3.48. The Labute approximate surface area is 135 Å². The van der Waals surface area contributed by atoms with E-state index in [0.717, 1.165) is 40.1 Å². The monoisotopic (exact) mass is 437 g/mol. The Morgan fingerprint density at radius 3 is 2.84 bits per heavy atom. The molecule has 0 heterocycles. The van der Waals surface area contributed by atoms with Gasteiger partial charge >= 0.3 is 0 Å². The standard InChI is InChI=1S/C14H17BrINO2/c15-11-7-6-9(16)8-10(11)14(19)17-12-4-2-1-3-5-13(12)18/h6-8,12-13,18H,1-5H2,(H,17,19). The van der Waals surface area contributed by atoms with Crippen molar-refractivity contribution in [3.63, 3.8) is 0 Å². The van der Waals surface area contributed by atoms with E-state index in [9.17, 15) is 9.90 Å². The van der Waals surface area contributed by atoms with E-state index in [4.69, 9.17) is 0 Å². The molecule has 1 aliphatic carbocycles. The third kappa shape index (κ3) is 4.16. The first-order chi connectivity index (χ1) is 9.08. The number of benzene rings is 1. The number of aliphatic hydroxyl groups excluding tert-OH is 1. The van der Waals surface area contributed by atoms with Crippen molar-refractivity contribution in [2.75, 3.05) is 0 Å². The van der Waals surface area contributed by atoms with E-state index in [1.54, 1.807) is 0 Å². The summed E-state index contributed by atoms with van der Waals surface area (Å²) in [6.07, 6.45) is 4.45. The molecule has 2 atom stereocenters. The van der Waals surface area contributed by atoms with Gasteiger partial charge in [-0.25, -0.2) is 0 Å². The van der Waals surface area contributed by atoms with E-state index in [-0.39, 0.29) is 11.9 Å². The van der Waals surface area contributed by atoms with Crippen molar-refractivity contribution in [2.24, 2.45) is 0 Å². The Bertz CT molecular complexity index is 467. The Kier molecular flexibility index (Phi) is 5.65. The van der Waals surface area contributed by atoms with E-state index in [0.29, 0.717) is 5.56 Å². The summed E-state index contributed by atoms with van der Waals surface area (Å²) in [6.45, 7) is 0. The average molecular weight is 438 g/mol. The van der Waals surface area contributed by atoms with Gasteiger partial charge in [-0.15, -0.1) is 0 Å². The van der Waals surface area contributed by atoms with Gasteiger partial charge in [0.25, 0.3) is 5.91 Å². The maximum absolute atomic E-state index is 12.3. The van der Waals surface area contributed by atoms with Gasteiger partial charge in [0.15, 0.2) is 0 Å². The van der Waals surface area contributed by atoms with Gasteiger partial charge in [-0.1, -0.05) is 19.3 Å². The zero-order valence-electron chi connectivity index (χ0n) is 10.5. The van der Waals surface area contributed by atoms with Crippen LogP contribution in [0.3, 0.4) is 0 Å². The number of hydrogen-bond acceptors (Lipinski definition) is 2. The van der Waals surface area contributed by atoms with Crippen molar-refractivity contribution in [1.29, 1.82) is 0 Å². The van der Waals surface area contributed by atoms with Crippen LogP contribution in [0.5, 0.6) is 0 Å². The minimum Gasteiger partial charge on any atom is -0.391 e. The van der Waals surface area contributed by atoms with Crippen molar-refractivity contribution in [2.45, 2.75) is 44.2 Å². The largest absolute Gasteiger partial charge is 0.391 e. The zero-order chi connectivity index (χ0) is 13.8. The summed E-state index contributed by atoms with van der Waals surface area (Å²) in [5.74, 6) is -0.114. The molecule has 19 heavy (non-hydrogen) atoms. The molecule has 1 fully saturated rings. The molecular formula is C14H17BrINO2. The molecule has 2 rings (SSSR count). The summed E-state index contributed by atoms with van der Waals surface area (Å²) < 4.78 is 1.81. The highest BCUT2D eigenvalue weighted by Crippen LogP contribution is 2.22. The second kappa shape index (κ2) is 7.04. The van der Waals surface area contributed by atoms with Gasteiger partial charge in [0.1, 0.15) is 0 Å². The third-order valence-electron chi connectivity index (χ3n) is 3.47. The Morgan fingerprint density at radius 2 is 2.05 bits per heavy atom. The summed E-state index contributed by atoms with van der Waals surface area (Å²) in [6, 6.07) is 5.55. The van der Waals surface area contributed by atoms with E-state index in [2.05, 4.69) is 43.8 Å². The van der Waals surface area contributed by atoms with Gasteiger partial charge in [-0.3, -0.25) is 4.79 Å². The SMILES string of the molecule is O=C(NC1CCCCCC1O)c1cc(I)ccc1Br. The number of aliphatic hydroxyl groups is 1. The third-order valence-corrected chi connectivity index (χ3v) is 4.83. The second-order valence-electron chi connectivity index (χ2n) is 4.91. The summed E-state index contributed by atoms with van der Waals surface area (Å²) in [4.78, 5) is 12.3. The smallest absolute Gasteiger partial charge is 0.252 e. The number of rotatable bonds is 2. The topological polar surface area (TPSA) is 49.3 Å². The number of carbonyl (C=O) groups is 1. The van der Waals surface area contributed by atoms with Crippen LogP contribution in [0.4, 0.5) is 0 Å². The fourth-order valence-electron chi connectivity index (χ4n) is 2.37. The number of hydrogen-bond donors (Lipinski definition) is 2. The molecule has 104 valence electrons. The van der Waals surface area contributed by atoms with E-state index in [1.165, 1.54) is 0 Å². The van der Waals surface area contributed by atoms with Gasteiger partial charge in [0, 0.05) is 8.04 Å². The van der Waals surface area contributed by atoms with Gasteiger partial charge < -0.3 is 10.4 Å². The Balaban J connectivity index is 2.09. The minimum absolute atomic E-state index is 0.114. The fraction of sp³-hybridized carbons (Fsp3) is 0.500. The van der Waals surface area contributed by atoms with Crippen molar-refractivity contribution >= 4 is 44.4 Å². The van der Waals surface area contributed by atoms with Crippen molar-refractivity contribution < 1.29 is 9.90 Å². The van der Waals surface area contributed by atoms with Crippen LogP contribution in [0.25, 0.3) is 0 Å². The van der Waals surface area contributed by atoms with Crippen LogP contribution in [0, 0.1) is 3.57 Å². The highest BCUT2D eigenvalue weighted by Gasteiger charge is 2.24. The average Bonchev–Trinajstić information content (AvgIpc) is 2.58. The minimum atomic E-state index is -0.423. The molecule has 0 radical (unpaired) electrons. The molecule has 1 aliphatic rings. The van der Waals surface area contributed by atoms with Gasteiger partial charge in [0.05, 0.1) is 17.7 Å². The van der Waals surface area contributed by atoms with Crippen LogP contribution in [-0.4, -0.2) is 23.2 Å². The molecule has 1 aromatic carbocycles. The summed E-state index contributed by atoms with van der Waals surface area (Å²) in [7, 11) is 0. The lowest BCUT2D eigenvalue weighted by Gasteiger charge is -2.22. The van der Waals surface area contributed by atoms with E-state index in [1.807, 2.05) is 18.2 Å². The molecule has 1 amide bonds. The first kappa shape index (κ1) is 15.3. The van der Waals surface area contributed by atoms with Crippen LogP contribution < -0.4 is 5.32 Å². The van der Waals surface area contributed by atoms with Gasteiger partial charge in [0.2, 0.25) is 0 Å². The number of carbonyl (C=O) groups excluding carboxylic acids is 1. The Morgan fingerprint density at radius 1 is 1.32 bits per heavy atom. The first-order valence-corrected chi connectivity index (χ1v) is 8.39. The highest BCUT2D eigenvalue weighted by molar-refractivity contribution is 14.1. The molecule has 0 bridgehead atoms. The molecule has 2 unspecified atom stereocenters. The molecule has 2 N–H and O–H groups in total. The van der Waals surface area contributed by atoms with Crippen molar-refractivity contribution in [3.8, 4) is 0 Å². The lowest BCUT2D eigenvalue weighted by molar-refractivity contribution is 0.0818. The Hall–Kier alpha value is -0.140. The van der Waals surface area contributed by atoms with Crippen LogP contribution in [-0.2, 0) is 0 Å². The molecule has 1 saturated carbocycles. The molecular weight excluding hydrogens is 421 g/mol. The molecule has 1 aromatic rings. The van der Waals surface area contributed by atoms with Crippen LogP contribution in [0.2, 0.25) is 0 Å². The van der Waals surface area contributed by atoms with Crippen molar-refractivity contribution in [1.82, 2.24) is 5.32 Å². The van der Waals surface area contributed by atoms with Crippen LogP contribution >= 0.6 is 38.5 Å². The number of amides is 1. The molecule has 0 saturated heterocycles. The zero-order valence-corrected chi connectivity index (χ0v) is 14.3. The van der Waals surface area contributed by atoms with E-state index >= 15 is 0 Å². The van der Waals surface area contributed by atoms with Gasteiger partial charge in [-0.05, 0) is 69.6 Å². The summed E-state index contributed by atoms with van der Waals surface area (Å²) in [5, 5.41) is 13.0. The van der Waals surface area contributed by atoms with Crippen molar-refractivity contribution in [3.05, 3.63) is 31.8 Å². The lowest BCUT2D eigenvalue weighted by atomic mass is 10.1. The maximum atomic E-state index is 12.3. The second-order valence-corrected chi connectivity index (χ2v) is 7.01. The first-order valence-electron chi connectivity index (χ1n) is 6.52. The van der Waals surface area contributed by atoms with Gasteiger partial charge in [-0.2, -0.15) is 0 Å². The quantitative estimate of drug-likeness (QED) is 0.549. The fourth-order valence-corrected chi connectivity index (χ4v) is 3.29. The van der Waals surface area contributed by atoms with E-state index < -0.39 is 6.10 Å². The molecule has 5 heteroatoms. The molecule has 0 aliphatic heterocycles. The maximum Gasteiger partial charge on any atom is 0.252 e. The molecule has 0 aromatic heterocycles. The number of nitrogens with one attached hydrogen (secondary N) is 1. The van der Waals surface area contributed by atoms with Crippen LogP contribution in [0.1, 0.15) is 42.5 Å². The van der Waals surface area contributed by atoms with Crippen LogP contribution in [0.15, 0.2) is 22.7 Å². The summed E-state index contributed by atoms with van der Waals surface area (Å²) >= 11 is 5.59. The highest BCUT2D eigenvalue weighted by atomic mass is 127. The summed E-state index contributed by atoms with van der Waals surface area (Å²) in [5.41, 5.74) is 0.628. The normalized spacial score (nSPS) is 23.7. The lowest BCUT2D eigenvalue weighted by Crippen LogP contribution is -2.42. The molecule has 0 spiro atoms. The predicted molar refractivity (Wildman–Crippen MR) is 87.2 cm³/mol. The number of halogens is 2. The molecule has 3 nitrogen and oxygen atoms in total.